The second-order valence-electron chi connectivity index (χ2n) is 7.84. The molecule has 0 aliphatic heterocycles. The van der Waals surface area contributed by atoms with Gasteiger partial charge in [-0.1, -0.05) is 32.9 Å². The maximum absolute atomic E-state index is 10.0. The van der Waals surface area contributed by atoms with Gasteiger partial charge in [0, 0.05) is 5.41 Å². The van der Waals surface area contributed by atoms with Crippen LogP contribution >= 0.6 is 0 Å². The minimum atomic E-state index is -0.167. The average molecular weight is 326 g/mol. The predicted octanol–water partition coefficient (Wildman–Crippen LogP) is 5.68. The first-order chi connectivity index (χ1) is 11.1. The van der Waals surface area contributed by atoms with E-state index in [0.29, 0.717) is 17.4 Å². The van der Waals surface area contributed by atoms with Crippen LogP contribution in [0.1, 0.15) is 60.6 Å². The van der Waals surface area contributed by atoms with Crippen LogP contribution in [-0.4, -0.2) is 10.2 Å². The highest BCUT2D eigenvalue weighted by atomic mass is 16.3. The summed E-state index contributed by atoms with van der Waals surface area (Å²) in [5.41, 5.74) is 6.34. The molecule has 0 aliphatic rings. The van der Waals surface area contributed by atoms with Crippen molar-refractivity contribution in [1.82, 2.24) is 0 Å². The van der Waals surface area contributed by atoms with E-state index in [-0.39, 0.29) is 5.41 Å². The van der Waals surface area contributed by atoms with E-state index in [1.807, 2.05) is 26.0 Å². The smallest absolute Gasteiger partial charge is 0.118 e. The Balaban J connectivity index is 2.77. The lowest BCUT2D eigenvalue weighted by atomic mass is 9.68. The van der Waals surface area contributed by atoms with Crippen LogP contribution in [0.4, 0.5) is 0 Å². The number of benzene rings is 2. The Morgan fingerprint density at radius 3 is 1.46 bits per heavy atom. The molecule has 24 heavy (non-hydrogen) atoms. The molecule has 0 aromatic heterocycles. The second-order valence-corrected chi connectivity index (χ2v) is 7.84. The van der Waals surface area contributed by atoms with Gasteiger partial charge in [-0.25, -0.2) is 0 Å². The van der Waals surface area contributed by atoms with Crippen molar-refractivity contribution in [2.75, 3.05) is 0 Å². The first kappa shape index (κ1) is 18.4. The summed E-state index contributed by atoms with van der Waals surface area (Å²) in [6, 6.07) is 7.97. The molecular formula is C22H30O2. The first-order valence-corrected chi connectivity index (χ1v) is 8.67. The number of aryl methyl sites for hydroxylation is 4. The van der Waals surface area contributed by atoms with Gasteiger partial charge in [-0.15, -0.1) is 0 Å². The molecule has 2 heteroatoms. The van der Waals surface area contributed by atoms with Crippen molar-refractivity contribution in [3.05, 3.63) is 57.6 Å². The molecule has 0 spiro atoms. The van der Waals surface area contributed by atoms with Gasteiger partial charge >= 0.3 is 0 Å². The largest absolute Gasteiger partial charge is 0.508 e. The molecule has 0 heterocycles. The number of aromatic hydroxyl groups is 2. The lowest BCUT2D eigenvalue weighted by Crippen LogP contribution is -2.28. The van der Waals surface area contributed by atoms with Gasteiger partial charge in [0.25, 0.3) is 0 Å². The number of hydrogen-bond donors (Lipinski definition) is 2. The zero-order valence-electron chi connectivity index (χ0n) is 16.0. The predicted molar refractivity (Wildman–Crippen MR) is 101 cm³/mol. The Morgan fingerprint density at radius 2 is 1.12 bits per heavy atom. The van der Waals surface area contributed by atoms with Crippen molar-refractivity contribution in [2.45, 2.75) is 60.3 Å². The van der Waals surface area contributed by atoms with Gasteiger partial charge in [0.2, 0.25) is 0 Å². The zero-order chi connectivity index (χ0) is 18.2. The van der Waals surface area contributed by atoms with Gasteiger partial charge in [-0.3, -0.25) is 0 Å². The minimum Gasteiger partial charge on any atom is -0.508 e. The standard InChI is InChI=1S/C22H30O2/c1-13(2)12-22(7,18-8-16(5)20(23)10-14(18)3)19-9-17(6)21(24)11-15(19)4/h8-11,13,23-24H,12H2,1-7H3. The molecule has 2 rings (SSSR count). The third-order valence-electron chi connectivity index (χ3n) is 5.09. The molecule has 0 radical (unpaired) electrons. The third-order valence-corrected chi connectivity index (χ3v) is 5.09. The van der Waals surface area contributed by atoms with E-state index in [1.165, 1.54) is 11.1 Å². The summed E-state index contributed by atoms with van der Waals surface area (Å²) >= 11 is 0. The van der Waals surface area contributed by atoms with Crippen LogP contribution in [-0.2, 0) is 5.41 Å². The number of phenolic OH excluding ortho intramolecular Hbond substituents is 2. The van der Waals surface area contributed by atoms with Crippen LogP contribution in [0, 0.1) is 33.6 Å². The first-order valence-electron chi connectivity index (χ1n) is 8.67. The SMILES string of the molecule is Cc1cc(C(C)(CC(C)C)c2cc(C)c(O)cc2C)c(C)cc1O. The Hall–Kier alpha value is -1.96. The molecule has 0 unspecified atom stereocenters. The molecule has 2 aromatic rings. The molecule has 130 valence electrons. The highest BCUT2D eigenvalue weighted by Crippen LogP contribution is 2.43. The molecule has 0 amide bonds. The van der Waals surface area contributed by atoms with Crippen molar-refractivity contribution in [2.24, 2.45) is 5.92 Å². The summed E-state index contributed by atoms with van der Waals surface area (Å²) in [6.07, 6.45) is 1.00. The van der Waals surface area contributed by atoms with Gasteiger partial charge in [-0.2, -0.15) is 0 Å². The van der Waals surface area contributed by atoms with Gasteiger partial charge in [0.05, 0.1) is 0 Å². The summed E-state index contributed by atoms with van der Waals surface area (Å²) in [5.74, 6) is 1.22. The normalized spacial score (nSPS) is 12.0. The average Bonchev–Trinajstić information content (AvgIpc) is 2.45. The Kier molecular flexibility index (Phi) is 4.98. The quantitative estimate of drug-likeness (QED) is 0.758. The fourth-order valence-electron chi connectivity index (χ4n) is 3.97. The molecule has 0 fully saturated rings. The summed E-state index contributed by atoms with van der Waals surface area (Å²) in [5, 5.41) is 20.1. The summed E-state index contributed by atoms with van der Waals surface area (Å²) in [7, 11) is 0. The molecule has 2 N–H and O–H groups in total. The number of phenols is 2. The lowest BCUT2D eigenvalue weighted by Gasteiger charge is -2.36. The molecular weight excluding hydrogens is 296 g/mol. The van der Waals surface area contributed by atoms with E-state index in [0.717, 1.165) is 28.7 Å². The summed E-state index contributed by atoms with van der Waals surface area (Å²) < 4.78 is 0. The van der Waals surface area contributed by atoms with Gasteiger partial charge in [0.1, 0.15) is 11.5 Å². The molecule has 2 nitrogen and oxygen atoms in total. The number of rotatable bonds is 4. The van der Waals surface area contributed by atoms with Gasteiger partial charge in [-0.05, 0) is 85.5 Å². The molecule has 0 aliphatic carbocycles. The second kappa shape index (κ2) is 6.51. The van der Waals surface area contributed by atoms with Crippen molar-refractivity contribution in [3.63, 3.8) is 0 Å². The number of hydrogen-bond acceptors (Lipinski definition) is 2. The van der Waals surface area contributed by atoms with E-state index in [4.69, 9.17) is 0 Å². The third kappa shape index (κ3) is 3.28. The fraction of sp³-hybridized carbons (Fsp3) is 0.455. The molecule has 2 aromatic carbocycles. The maximum atomic E-state index is 10.0. The van der Waals surface area contributed by atoms with E-state index < -0.39 is 0 Å². The summed E-state index contributed by atoms with van der Waals surface area (Å²) in [4.78, 5) is 0. The van der Waals surface area contributed by atoms with Crippen molar-refractivity contribution in [1.29, 1.82) is 0 Å². The van der Waals surface area contributed by atoms with Crippen LogP contribution in [0.2, 0.25) is 0 Å². The Bertz CT molecular complexity index is 700. The van der Waals surface area contributed by atoms with E-state index in [1.54, 1.807) is 0 Å². The van der Waals surface area contributed by atoms with Crippen molar-refractivity contribution >= 4 is 0 Å². The highest BCUT2D eigenvalue weighted by Gasteiger charge is 2.33. The Labute approximate surface area is 146 Å². The minimum absolute atomic E-state index is 0.167. The van der Waals surface area contributed by atoms with Crippen LogP contribution in [0.25, 0.3) is 0 Å². The topological polar surface area (TPSA) is 40.5 Å². The molecule has 0 saturated heterocycles. The van der Waals surface area contributed by atoms with Crippen LogP contribution in [0.3, 0.4) is 0 Å². The fourth-order valence-corrected chi connectivity index (χ4v) is 3.97. The lowest BCUT2D eigenvalue weighted by molar-refractivity contribution is 0.420. The van der Waals surface area contributed by atoms with Crippen LogP contribution in [0.15, 0.2) is 24.3 Å². The molecule has 0 atom stereocenters. The van der Waals surface area contributed by atoms with Gasteiger partial charge < -0.3 is 10.2 Å². The summed E-state index contributed by atoms with van der Waals surface area (Å²) in [6.45, 7) is 14.8. The van der Waals surface area contributed by atoms with E-state index in [2.05, 4.69) is 46.8 Å². The molecule has 0 saturated carbocycles. The maximum Gasteiger partial charge on any atom is 0.118 e. The van der Waals surface area contributed by atoms with E-state index in [9.17, 15) is 10.2 Å². The van der Waals surface area contributed by atoms with Crippen LogP contribution in [0.5, 0.6) is 11.5 Å². The van der Waals surface area contributed by atoms with E-state index >= 15 is 0 Å². The molecule has 0 bridgehead atoms. The van der Waals surface area contributed by atoms with Crippen molar-refractivity contribution in [3.8, 4) is 11.5 Å². The van der Waals surface area contributed by atoms with Crippen molar-refractivity contribution < 1.29 is 10.2 Å². The van der Waals surface area contributed by atoms with Gasteiger partial charge in [0.15, 0.2) is 0 Å². The van der Waals surface area contributed by atoms with Crippen LogP contribution < -0.4 is 0 Å². The monoisotopic (exact) mass is 326 g/mol. The Morgan fingerprint density at radius 1 is 0.750 bits per heavy atom. The highest BCUT2D eigenvalue weighted by molar-refractivity contribution is 5.53. The zero-order valence-corrected chi connectivity index (χ0v) is 16.0.